The van der Waals surface area contributed by atoms with Crippen LogP contribution in [0.5, 0.6) is 0 Å². The highest BCUT2D eigenvalue weighted by atomic mass is 16.5. The molecule has 14 heavy (non-hydrogen) atoms. The average Bonchev–Trinajstić information content (AvgIpc) is 2.70. The third-order valence-corrected chi connectivity index (χ3v) is 2.61. The number of rotatable bonds is 2. The molecule has 0 aliphatic carbocycles. The van der Waals surface area contributed by atoms with Crippen LogP contribution in [0.15, 0.2) is 16.7 Å². The van der Waals surface area contributed by atoms with E-state index in [0.29, 0.717) is 13.0 Å². The zero-order chi connectivity index (χ0) is 10.1. The predicted molar refractivity (Wildman–Crippen MR) is 47.9 cm³/mol. The van der Waals surface area contributed by atoms with Gasteiger partial charge in [0.25, 0.3) is 0 Å². The molecule has 0 bridgehead atoms. The average molecular weight is 196 g/mol. The van der Waals surface area contributed by atoms with E-state index in [4.69, 9.17) is 14.3 Å². The highest BCUT2D eigenvalue weighted by Gasteiger charge is 2.36. The Morgan fingerprint density at radius 1 is 1.64 bits per heavy atom. The lowest BCUT2D eigenvalue weighted by Crippen LogP contribution is -2.17. The Kier molecular flexibility index (Phi) is 2.29. The van der Waals surface area contributed by atoms with E-state index in [1.165, 1.54) is 0 Å². The third-order valence-electron chi connectivity index (χ3n) is 2.61. The van der Waals surface area contributed by atoms with Crippen LogP contribution in [0.1, 0.15) is 23.8 Å². The van der Waals surface area contributed by atoms with E-state index in [-0.39, 0.29) is 6.10 Å². The fourth-order valence-electron chi connectivity index (χ4n) is 1.84. The first kappa shape index (κ1) is 9.27. The van der Waals surface area contributed by atoms with Crippen LogP contribution in [-0.4, -0.2) is 17.7 Å². The van der Waals surface area contributed by atoms with Crippen LogP contribution >= 0.6 is 0 Å². The highest BCUT2D eigenvalue weighted by Crippen LogP contribution is 2.36. The van der Waals surface area contributed by atoms with Gasteiger partial charge in [0.15, 0.2) is 0 Å². The molecule has 0 spiro atoms. The van der Waals surface area contributed by atoms with Gasteiger partial charge in [-0.05, 0) is 19.4 Å². The second-order valence-electron chi connectivity index (χ2n) is 3.46. The van der Waals surface area contributed by atoms with Crippen molar-refractivity contribution in [1.29, 1.82) is 0 Å². The molecule has 0 amide bonds. The standard InChI is InChI=1S/C10H12O4/c1-6-7(2-4-13-6)9-8(10(11)12)3-5-14-9/h2,4,8-9H,3,5H2,1H3,(H,11,12). The first-order valence-electron chi connectivity index (χ1n) is 4.58. The van der Waals surface area contributed by atoms with Gasteiger partial charge >= 0.3 is 5.97 Å². The summed E-state index contributed by atoms with van der Waals surface area (Å²) in [4.78, 5) is 10.9. The van der Waals surface area contributed by atoms with Crippen molar-refractivity contribution in [1.82, 2.24) is 0 Å². The SMILES string of the molecule is Cc1occc1C1OCCC1C(=O)O. The molecule has 1 aliphatic heterocycles. The molecule has 1 aromatic rings. The van der Waals surface area contributed by atoms with Gasteiger partial charge in [0.1, 0.15) is 5.76 Å². The molecular formula is C10H12O4. The lowest BCUT2D eigenvalue weighted by molar-refractivity contribution is -0.143. The molecular weight excluding hydrogens is 184 g/mol. The van der Waals surface area contributed by atoms with Crippen molar-refractivity contribution in [2.75, 3.05) is 6.61 Å². The van der Waals surface area contributed by atoms with E-state index in [2.05, 4.69) is 0 Å². The van der Waals surface area contributed by atoms with Crippen LogP contribution in [0.25, 0.3) is 0 Å². The summed E-state index contributed by atoms with van der Waals surface area (Å²) in [7, 11) is 0. The van der Waals surface area contributed by atoms with Crippen LogP contribution in [0, 0.1) is 12.8 Å². The van der Waals surface area contributed by atoms with Gasteiger partial charge in [-0.25, -0.2) is 0 Å². The van der Waals surface area contributed by atoms with Crippen LogP contribution in [0.3, 0.4) is 0 Å². The number of furan rings is 1. The summed E-state index contributed by atoms with van der Waals surface area (Å²) in [6, 6.07) is 1.78. The van der Waals surface area contributed by atoms with Gasteiger partial charge in [0.05, 0.1) is 18.3 Å². The van der Waals surface area contributed by atoms with Gasteiger partial charge in [-0.3, -0.25) is 4.79 Å². The molecule has 0 aromatic carbocycles. The molecule has 1 fully saturated rings. The minimum atomic E-state index is -0.798. The summed E-state index contributed by atoms with van der Waals surface area (Å²) < 4.78 is 10.5. The van der Waals surface area contributed by atoms with E-state index in [1.54, 1.807) is 12.3 Å². The largest absolute Gasteiger partial charge is 0.481 e. The van der Waals surface area contributed by atoms with Crippen LogP contribution in [0.2, 0.25) is 0 Å². The predicted octanol–water partition coefficient (Wildman–Crippen LogP) is 1.75. The lowest BCUT2D eigenvalue weighted by atomic mass is 9.96. The van der Waals surface area contributed by atoms with E-state index in [9.17, 15) is 4.79 Å². The number of aryl methyl sites for hydroxylation is 1. The molecule has 0 saturated carbocycles. The Labute approximate surface area is 81.5 Å². The molecule has 2 unspecified atom stereocenters. The van der Waals surface area contributed by atoms with E-state index < -0.39 is 11.9 Å². The summed E-state index contributed by atoms with van der Waals surface area (Å²) in [6.07, 6.45) is 1.79. The van der Waals surface area contributed by atoms with Crippen molar-refractivity contribution in [2.24, 2.45) is 5.92 Å². The van der Waals surface area contributed by atoms with Gasteiger partial charge in [0.2, 0.25) is 0 Å². The maximum atomic E-state index is 10.9. The van der Waals surface area contributed by atoms with Crippen LogP contribution < -0.4 is 0 Å². The molecule has 0 radical (unpaired) electrons. The van der Waals surface area contributed by atoms with Gasteiger partial charge in [-0.15, -0.1) is 0 Å². The van der Waals surface area contributed by atoms with Crippen LogP contribution in [-0.2, 0) is 9.53 Å². The molecule has 1 saturated heterocycles. The fourth-order valence-corrected chi connectivity index (χ4v) is 1.84. The zero-order valence-corrected chi connectivity index (χ0v) is 7.90. The van der Waals surface area contributed by atoms with Crippen molar-refractivity contribution in [3.05, 3.63) is 23.7 Å². The van der Waals surface area contributed by atoms with E-state index in [1.807, 2.05) is 6.92 Å². The molecule has 2 rings (SSSR count). The Morgan fingerprint density at radius 3 is 3.00 bits per heavy atom. The second kappa shape index (κ2) is 3.46. The monoisotopic (exact) mass is 196 g/mol. The van der Waals surface area contributed by atoms with Crippen molar-refractivity contribution >= 4 is 5.97 Å². The smallest absolute Gasteiger partial charge is 0.309 e. The molecule has 76 valence electrons. The molecule has 1 N–H and O–H groups in total. The first-order valence-corrected chi connectivity index (χ1v) is 4.58. The number of hydrogen-bond acceptors (Lipinski definition) is 3. The number of carboxylic acids is 1. The fraction of sp³-hybridized carbons (Fsp3) is 0.500. The lowest BCUT2D eigenvalue weighted by Gasteiger charge is -2.13. The molecule has 1 aromatic heterocycles. The molecule has 4 nitrogen and oxygen atoms in total. The summed E-state index contributed by atoms with van der Waals surface area (Å²) >= 11 is 0. The summed E-state index contributed by atoms with van der Waals surface area (Å²) in [5.41, 5.74) is 0.856. The van der Waals surface area contributed by atoms with Gasteiger partial charge in [0, 0.05) is 12.2 Å². The van der Waals surface area contributed by atoms with Crippen molar-refractivity contribution < 1.29 is 19.1 Å². The molecule has 4 heteroatoms. The summed E-state index contributed by atoms with van der Waals surface area (Å²) in [5.74, 6) is -0.498. The maximum Gasteiger partial charge on any atom is 0.309 e. The maximum absolute atomic E-state index is 10.9. The Morgan fingerprint density at radius 2 is 2.43 bits per heavy atom. The Bertz CT molecular complexity index is 342. The normalized spacial score (nSPS) is 26.6. The Hall–Kier alpha value is -1.29. The number of hydrogen-bond donors (Lipinski definition) is 1. The van der Waals surface area contributed by atoms with Gasteiger partial charge in [-0.1, -0.05) is 0 Å². The Balaban J connectivity index is 2.26. The molecule has 1 aliphatic rings. The number of carbonyl (C=O) groups is 1. The third kappa shape index (κ3) is 1.42. The van der Waals surface area contributed by atoms with Crippen molar-refractivity contribution in [3.63, 3.8) is 0 Å². The van der Waals surface area contributed by atoms with Crippen molar-refractivity contribution in [2.45, 2.75) is 19.4 Å². The van der Waals surface area contributed by atoms with E-state index >= 15 is 0 Å². The number of carboxylic acid groups (broad SMARTS) is 1. The topological polar surface area (TPSA) is 59.7 Å². The number of aliphatic carboxylic acids is 1. The van der Waals surface area contributed by atoms with Crippen LogP contribution in [0.4, 0.5) is 0 Å². The molecule has 2 heterocycles. The summed E-state index contributed by atoms with van der Waals surface area (Å²) in [5, 5.41) is 8.96. The van der Waals surface area contributed by atoms with Gasteiger partial charge in [-0.2, -0.15) is 0 Å². The second-order valence-corrected chi connectivity index (χ2v) is 3.46. The zero-order valence-electron chi connectivity index (χ0n) is 7.90. The van der Waals surface area contributed by atoms with Gasteiger partial charge < -0.3 is 14.3 Å². The molecule has 2 atom stereocenters. The van der Waals surface area contributed by atoms with Crippen molar-refractivity contribution in [3.8, 4) is 0 Å². The summed E-state index contributed by atoms with van der Waals surface area (Å²) in [6.45, 7) is 2.32. The minimum Gasteiger partial charge on any atom is -0.481 e. The highest BCUT2D eigenvalue weighted by molar-refractivity contribution is 5.71. The number of ether oxygens (including phenoxy) is 1. The minimum absolute atomic E-state index is 0.341. The first-order chi connectivity index (χ1) is 6.70. The quantitative estimate of drug-likeness (QED) is 0.782. The van der Waals surface area contributed by atoms with E-state index in [0.717, 1.165) is 11.3 Å².